The lowest BCUT2D eigenvalue weighted by Gasteiger charge is -2.21. The molecule has 7 heteroatoms. The van der Waals surface area contributed by atoms with Crippen molar-refractivity contribution in [2.24, 2.45) is 5.73 Å². The molecule has 100 valence electrons. The number of anilines is 1. The minimum atomic E-state index is -3.02. The number of hydrogen-bond acceptors (Lipinski definition) is 5. The van der Waals surface area contributed by atoms with Crippen LogP contribution in [0.2, 0.25) is 0 Å². The fourth-order valence-electron chi connectivity index (χ4n) is 1.57. The number of aryl methyl sites for hydroxylation is 1. The second-order valence-electron chi connectivity index (χ2n) is 4.29. The Morgan fingerprint density at radius 1 is 1.56 bits per heavy atom. The van der Waals surface area contributed by atoms with E-state index in [4.69, 9.17) is 11.1 Å². The zero-order valence-electron chi connectivity index (χ0n) is 10.8. The van der Waals surface area contributed by atoms with Crippen LogP contribution < -0.4 is 10.6 Å². The normalized spacial score (nSPS) is 11.3. The lowest BCUT2D eigenvalue weighted by atomic mass is 10.1. The SMILES string of the molecule is Cc1ccnc(N(C)CCS(C)(=O)=O)c1C(=N)N. The van der Waals surface area contributed by atoms with Crippen molar-refractivity contribution in [1.82, 2.24) is 4.98 Å². The van der Waals surface area contributed by atoms with Gasteiger partial charge in [0, 0.05) is 26.0 Å². The van der Waals surface area contributed by atoms with Crippen LogP contribution >= 0.6 is 0 Å². The molecule has 0 unspecified atom stereocenters. The van der Waals surface area contributed by atoms with Gasteiger partial charge in [0.05, 0.1) is 11.3 Å². The Hall–Kier alpha value is -1.63. The number of rotatable bonds is 5. The summed E-state index contributed by atoms with van der Waals surface area (Å²) in [5, 5.41) is 7.56. The van der Waals surface area contributed by atoms with Gasteiger partial charge in [-0.2, -0.15) is 0 Å². The van der Waals surface area contributed by atoms with Crippen LogP contribution in [0.1, 0.15) is 11.1 Å². The standard InChI is InChI=1S/C11H18N4O2S/c1-8-4-5-14-11(9(8)10(12)13)15(2)6-7-18(3,16)17/h4-5H,6-7H2,1-3H3,(H3,12,13). The molecular weight excluding hydrogens is 252 g/mol. The van der Waals surface area contributed by atoms with E-state index in [0.717, 1.165) is 5.56 Å². The molecule has 18 heavy (non-hydrogen) atoms. The molecule has 0 aromatic carbocycles. The van der Waals surface area contributed by atoms with Gasteiger partial charge in [-0.15, -0.1) is 0 Å². The van der Waals surface area contributed by atoms with Crippen molar-refractivity contribution in [3.05, 3.63) is 23.4 Å². The number of nitrogen functional groups attached to an aromatic ring is 1. The van der Waals surface area contributed by atoms with E-state index in [1.807, 2.05) is 6.92 Å². The molecule has 0 aliphatic rings. The summed E-state index contributed by atoms with van der Waals surface area (Å²) in [6.45, 7) is 2.15. The molecule has 1 aromatic rings. The first-order valence-corrected chi connectivity index (χ1v) is 7.47. The van der Waals surface area contributed by atoms with Gasteiger partial charge in [-0.05, 0) is 18.6 Å². The number of nitrogens with two attached hydrogens (primary N) is 1. The molecule has 0 amide bonds. The number of hydrogen-bond donors (Lipinski definition) is 2. The van der Waals surface area contributed by atoms with Crippen LogP contribution in [0.4, 0.5) is 5.82 Å². The summed E-state index contributed by atoms with van der Waals surface area (Å²) in [7, 11) is -1.29. The summed E-state index contributed by atoms with van der Waals surface area (Å²) in [5.41, 5.74) is 6.93. The van der Waals surface area contributed by atoms with E-state index < -0.39 is 9.84 Å². The fraction of sp³-hybridized carbons (Fsp3) is 0.455. The summed E-state index contributed by atoms with van der Waals surface area (Å²) >= 11 is 0. The van der Waals surface area contributed by atoms with Crippen molar-refractivity contribution >= 4 is 21.5 Å². The van der Waals surface area contributed by atoms with E-state index >= 15 is 0 Å². The number of pyridine rings is 1. The Morgan fingerprint density at radius 3 is 2.67 bits per heavy atom. The highest BCUT2D eigenvalue weighted by atomic mass is 32.2. The van der Waals surface area contributed by atoms with Gasteiger partial charge in [0.2, 0.25) is 0 Å². The highest BCUT2D eigenvalue weighted by Gasteiger charge is 2.15. The average Bonchev–Trinajstić information content (AvgIpc) is 2.24. The molecule has 0 spiro atoms. The van der Waals surface area contributed by atoms with Crippen LogP contribution in [-0.4, -0.2) is 44.8 Å². The van der Waals surface area contributed by atoms with Crippen LogP contribution in [0.15, 0.2) is 12.3 Å². The summed E-state index contributed by atoms with van der Waals surface area (Å²) in [4.78, 5) is 5.87. The van der Waals surface area contributed by atoms with Gasteiger partial charge >= 0.3 is 0 Å². The van der Waals surface area contributed by atoms with Gasteiger partial charge in [-0.3, -0.25) is 5.41 Å². The van der Waals surface area contributed by atoms with Gasteiger partial charge in [0.1, 0.15) is 21.5 Å². The molecule has 3 N–H and O–H groups in total. The molecule has 0 saturated heterocycles. The van der Waals surface area contributed by atoms with Crippen molar-refractivity contribution in [1.29, 1.82) is 5.41 Å². The highest BCUT2D eigenvalue weighted by molar-refractivity contribution is 7.90. The van der Waals surface area contributed by atoms with Crippen molar-refractivity contribution in [3.63, 3.8) is 0 Å². The molecular formula is C11H18N4O2S. The quantitative estimate of drug-likeness (QED) is 0.586. The molecule has 1 heterocycles. The third-order valence-electron chi connectivity index (χ3n) is 2.57. The van der Waals surface area contributed by atoms with Crippen molar-refractivity contribution in [2.45, 2.75) is 6.92 Å². The second-order valence-corrected chi connectivity index (χ2v) is 6.55. The van der Waals surface area contributed by atoms with Crippen LogP contribution in [0.25, 0.3) is 0 Å². The Balaban J connectivity index is 3.02. The van der Waals surface area contributed by atoms with E-state index in [0.29, 0.717) is 17.9 Å². The van der Waals surface area contributed by atoms with Crippen molar-refractivity contribution < 1.29 is 8.42 Å². The van der Waals surface area contributed by atoms with Gasteiger partial charge < -0.3 is 10.6 Å². The maximum atomic E-state index is 11.1. The van der Waals surface area contributed by atoms with Crippen LogP contribution in [0, 0.1) is 12.3 Å². The Labute approximate surface area is 107 Å². The van der Waals surface area contributed by atoms with Crippen LogP contribution in [-0.2, 0) is 9.84 Å². The molecule has 0 bridgehead atoms. The number of aromatic nitrogens is 1. The van der Waals surface area contributed by atoms with Gasteiger partial charge in [-0.25, -0.2) is 13.4 Å². The lowest BCUT2D eigenvalue weighted by molar-refractivity contribution is 0.601. The van der Waals surface area contributed by atoms with Gasteiger partial charge in [-0.1, -0.05) is 0 Å². The molecule has 0 radical (unpaired) electrons. The monoisotopic (exact) mass is 270 g/mol. The number of sulfone groups is 1. The number of nitrogens with one attached hydrogen (secondary N) is 1. The third kappa shape index (κ3) is 3.69. The first kappa shape index (κ1) is 14.4. The van der Waals surface area contributed by atoms with E-state index in [-0.39, 0.29) is 11.6 Å². The topological polar surface area (TPSA) is 100 Å². The molecule has 1 aromatic heterocycles. The number of nitrogens with zero attached hydrogens (tertiary/aromatic N) is 2. The first-order valence-electron chi connectivity index (χ1n) is 5.41. The molecule has 0 atom stereocenters. The molecule has 0 aliphatic carbocycles. The average molecular weight is 270 g/mol. The second kappa shape index (κ2) is 5.34. The van der Waals surface area contributed by atoms with E-state index in [9.17, 15) is 8.42 Å². The van der Waals surface area contributed by atoms with E-state index in [1.165, 1.54) is 6.26 Å². The zero-order valence-corrected chi connectivity index (χ0v) is 11.6. The zero-order chi connectivity index (χ0) is 13.9. The van der Waals surface area contributed by atoms with Gasteiger partial charge in [0.15, 0.2) is 0 Å². The molecule has 0 saturated carbocycles. The minimum absolute atomic E-state index is 0.0382. The summed E-state index contributed by atoms with van der Waals surface area (Å²) in [6, 6.07) is 1.77. The Kier molecular flexibility index (Phi) is 4.28. The van der Waals surface area contributed by atoms with Crippen LogP contribution in [0.3, 0.4) is 0 Å². The third-order valence-corrected chi connectivity index (χ3v) is 3.49. The van der Waals surface area contributed by atoms with Crippen molar-refractivity contribution in [3.8, 4) is 0 Å². The predicted molar refractivity (Wildman–Crippen MR) is 73.0 cm³/mol. The van der Waals surface area contributed by atoms with E-state index in [1.54, 1.807) is 24.2 Å². The van der Waals surface area contributed by atoms with Crippen molar-refractivity contribution in [2.75, 3.05) is 30.5 Å². The highest BCUT2D eigenvalue weighted by Crippen LogP contribution is 2.19. The predicted octanol–water partition coefficient (Wildman–Crippen LogP) is 0.155. The maximum absolute atomic E-state index is 11.1. The maximum Gasteiger partial charge on any atom is 0.149 e. The molecule has 6 nitrogen and oxygen atoms in total. The molecule has 0 aliphatic heterocycles. The Bertz CT molecular complexity index is 554. The minimum Gasteiger partial charge on any atom is -0.384 e. The number of amidine groups is 1. The molecule has 1 rings (SSSR count). The summed E-state index contributed by atoms with van der Waals surface area (Å²) in [5.74, 6) is 0.504. The summed E-state index contributed by atoms with van der Waals surface area (Å²) < 4.78 is 22.3. The summed E-state index contributed by atoms with van der Waals surface area (Å²) in [6.07, 6.45) is 2.81. The van der Waals surface area contributed by atoms with E-state index in [2.05, 4.69) is 4.98 Å². The Morgan fingerprint density at radius 2 is 2.17 bits per heavy atom. The first-order chi connectivity index (χ1) is 8.22. The molecule has 0 fully saturated rings. The smallest absolute Gasteiger partial charge is 0.149 e. The van der Waals surface area contributed by atoms with Crippen LogP contribution in [0.5, 0.6) is 0 Å². The fourth-order valence-corrected chi connectivity index (χ4v) is 2.18. The van der Waals surface area contributed by atoms with Gasteiger partial charge in [0.25, 0.3) is 0 Å². The lowest BCUT2D eigenvalue weighted by Crippen LogP contribution is -2.29. The largest absolute Gasteiger partial charge is 0.384 e.